The van der Waals surface area contributed by atoms with E-state index >= 15 is 0 Å². The molecule has 0 saturated heterocycles. The summed E-state index contributed by atoms with van der Waals surface area (Å²) in [6, 6.07) is 4.40. The normalized spacial score (nSPS) is 19.4. The molecule has 0 aliphatic heterocycles. The second-order valence-corrected chi connectivity index (χ2v) is 5.67. The number of benzene rings is 1. The average Bonchev–Trinajstić information content (AvgIpc) is 2.75. The number of halogens is 1. The summed E-state index contributed by atoms with van der Waals surface area (Å²) in [5, 5.41) is 20.2. The molecule has 0 amide bonds. The maximum atomic E-state index is 13.3. The van der Waals surface area contributed by atoms with Crippen LogP contribution in [-0.2, 0) is 0 Å². The van der Waals surface area contributed by atoms with Crippen LogP contribution in [0.4, 0.5) is 10.1 Å². The third-order valence-corrected chi connectivity index (χ3v) is 3.92. The number of aliphatic hydroxyl groups excluding tert-OH is 1. The fraction of sp³-hybridized carbons (Fsp3) is 0.600. The Hall–Kier alpha value is -1.13. The molecule has 19 heavy (non-hydrogen) atoms. The number of rotatable bonds is 4. The van der Waals surface area contributed by atoms with E-state index < -0.39 is 11.7 Å². The molecule has 1 atom stereocenters. The standard InChI is InChI=1S/C15H22FNO2/c1-11(18)13-9-12(16)5-6-14(13)17(2)10-15(19)7-3-4-8-15/h5-6,9,11,18-19H,3-4,7-8,10H2,1-2H3. The molecule has 1 aliphatic rings. The minimum Gasteiger partial charge on any atom is -0.389 e. The van der Waals surface area contributed by atoms with Crippen LogP contribution in [-0.4, -0.2) is 29.4 Å². The van der Waals surface area contributed by atoms with Gasteiger partial charge >= 0.3 is 0 Å². The third kappa shape index (κ3) is 3.25. The summed E-state index contributed by atoms with van der Waals surface area (Å²) in [5.41, 5.74) is 0.680. The smallest absolute Gasteiger partial charge is 0.123 e. The SMILES string of the molecule is CC(O)c1cc(F)ccc1N(C)CC1(O)CCCC1. The topological polar surface area (TPSA) is 43.7 Å². The Kier molecular flexibility index (Phi) is 4.11. The van der Waals surface area contributed by atoms with Gasteiger partial charge in [-0.05, 0) is 38.0 Å². The monoisotopic (exact) mass is 267 g/mol. The van der Waals surface area contributed by atoms with Crippen LogP contribution in [0.15, 0.2) is 18.2 Å². The summed E-state index contributed by atoms with van der Waals surface area (Å²) >= 11 is 0. The van der Waals surface area contributed by atoms with E-state index in [0.29, 0.717) is 12.1 Å². The van der Waals surface area contributed by atoms with Gasteiger partial charge in [0, 0.05) is 24.8 Å². The fourth-order valence-corrected chi connectivity index (χ4v) is 2.93. The van der Waals surface area contributed by atoms with Crippen LogP contribution >= 0.6 is 0 Å². The van der Waals surface area contributed by atoms with Crippen LogP contribution in [0.3, 0.4) is 0 Å². The predicted molar refractivity (Wildman–Crippen MR) is 73.7 cm³/mol. The second kappa shape index (κ2) is 5.47. The Morgan fingerprint density at radius 3 is 2.58 bits per heavy atom. The van der Waals surface area contributed by atoms with Gasteiger partial charge in [-0.1, -0.05) is 12.8 Å². The molecule has 0 radical (unpaired) electrons. The van der Waals surface area contributed by atoms with E-state index in [1.54, 1.807) is 13.0 Å². The number of anilines is 1. The third-order valence-electron chi connectivity index (χ3n) is 3.92. The Morgan fingerprint density at radius 1 is 1.37 bits per heavy atom. The second-order valence-electron chi connectivity index (χ2n) is 5.67. The summed E-state index contributed by atoms with van der Waals surface area (Å²) in [6.45, 7) is 2.13. The minimum absolute atomic E-state index is 0.354. The molecule has 1 aliphatic carbocycles. The zero-order valence-corrected chi connectivity index (χ0v) is 11.6. The lowest BCUT2D eigenvalue weighted by Crippen LogP contribution is -2.39. The fourth-order valence-electron chi connectivity index (χ4n) is 2.93. The van der Waals surface area contributed by atoms with Crippen molar-refractivity contribution in [2.75, 3.05) is 18.5 Å². The molecule has 0 heterocycles. The zero-order valence-electron chi connectivity index (χ0n) is 11.6. The van der Waals surface area contributed by atoms with Gasteiger partial charge < -0.3 is 15.1 Å². The molecule has 1 aromatic rings. The molecular weight excluding hydrogens is 245 g/mol. The van der Waals surface area contributed by atoms with Crippen molar-refractivity contribution < 1.29 is 14.6 Å². The van der Waals surface area contributed by atoms with Crippen LogP contribution in [0.25, 0.3) is 0 Å². The van der Waals surface area contributed by atoms with Gasteiger partial charge in [-0.25, -0.2) is 4.39 Å². The lowest BCUT2D eigenvalue weighted by atomic mass is 10.0. The van der Waals surface area contributed by atoms with E-state index in [-0.39, 0.29) is 5.82 Å². The molecule has 1 saturated carbocycles. The molecule has 0 aromatic heterocycles. The highest BCUT2D eigenvalue weighted by Crippen LogP contribution is 2.33. The molecular formula is C15H22FNO2. The van der Waals surface area contributed by atoms with Crippen LogP contribution in [0, 0.1) is 5.82 Å². The number of hydrogen-bond donors (Lipinski definition) is 2. The van der Waals surface area contributed by atoms with Gasteiger partial charge in [0.25, 0.3) is 0 Å². The Morgan fingerprint density at radius 2 is 2.00 bits per heavy atom. The minimum atomic E-state index is -0.730. The summed E-state index contributed by atoms with van der Waals surface area (Å²) in [5.74, 6) is -0.354. The van der Waals surface area contributed by atoms with Crippen molar-refractivity contribution in [2.24, 2.45) is 0 Å². The van der Waals surface area contributed by atoms with Gasteiger partial charge in [0.1, 0.15) is 5.82 Å². The molecule has 1 aromatic carbocycles. The lowest BCUT2D eigenvalue weighted by molar-refractivity contribution is 0.0558. The van der Waals surface area contributed by atoms with Crippen molar-refractivity contribution in [1.82, 2.24) is 0 Å². The van der Waals surface area contributed by atoms with Crippen molar-refractivity contribution in [3.8, 4) is 0 Å². The quantitative estimate of drug-likeness (QED) is 0.881. The highest BCUT2D eigenvalue weighted by Gasteiger charge is 2.32. The van der Waals surface area contributed by atoms with E-state index in [4.69, 9.17) is 0 Å². The van der Waals surface area contributed by atoms with E-state index in [2.05, 4.69) is 0 Å². The maximum Gasteiger partial charge on any atom is 0.123 e. The molecule has 3 nitrogen and oxygen atoms in total. The molecule has 2 rings (SSSR count). The maximum absolute atomic E-state index is 13.3. The van der Waals surface area contributed by atoms with Crippen LogP contribution in [0.1, 0.15) is 44.3 Å². The van der Waals surface area contributed by atoms with Crippen molar-refractivity contribution >= 4 is 5.69 Å². The summed E-state index contributed by atoms with van der Waals surface area (Å²) in [7, 11) is 1.87. The van der Waals surface area contributed by atoms with Gasteiger partial charge in [0.15, 0.2) is 0 Å². The summed E-state index contributed by atoms with van der Waals surface area (Å²) < 4.78 is 13.3. The molecule has 0 spiro atoms. The van der Waals surface area contributed by atoms with Crippen molar-refractivity contribution in [3.05, 3.63) is 29.6 Å². The number of likely N-dealkylation sites (N-methyl/N-ethyl adjacent to an activating group) is 1. The van der Waals surface area contributed by atoms with E-state index in [9.17, 15) is 14.6 Å². The Labute approximate surface area is 113 Å². The summed E-state index contributed by atoms with van der Waals surface area (Å²) in [6.07, 6.45) is 2.99. The van der Waals surface area contributed by atoms with E-state index in [1.807, 2.05) is 11.9 Å². The van der Waals surface area contributed by atoms with Gasteiger partial charge in [-0.15, -0.1) is 0 Å². The van der Waals surface area contributed by atoms with Crippen molar-refractivity contribution in [2.45, 2.75) is 44.3 Å². The predicted octanol–water partition coefficient (Wildman–Crippen LogP) is 2.62. The molecule has 4 heteroatoms. The molecule has 1 unspecified atom stereocenters. The summed E-state index contributed by atoms with van der Waals surface area (Å²) in [4.78, 5) is 1.91. The van der Waals surface area contributed by atoms with Gasteiger partial charge in [-0.3, -0.25) is 0 Å². The van der Waals surface area contributed by atoms with E-state index in [0.717, 1.165) is 31.4 Å². The van der Waals surface area contributed by atoms with Crippen LogP contribution in [0.2, 0.25) is 0 Å². The first kappa shape index (κ1) is 14.3. The van der Waals surface area contributed by atoms with Gasteiger partial charge in [0.05, 0.1) is 11.7 Å². The van der Waals surface area contributed by atoms with Crippen LogP contribution < -0.4 is 4.90 Å². The molecule has 106 valence electrons. The van der Waals surface area contributed by atoms with E-state index in [1.165, 1.54) is 12.1 Å². The van der Waals surface area contributed by atoms with Crippen molar-refractivity contribution in [3.63, 3.8) is 0 Å². The highest BCUT2D eigenvalue weighted by atomic mass is 19.1. The number of aliphatic hydroxyl groups is 2. The molecule has 0 bridgehead atoms. The zero-order chi connectivity index (χ0) is 14.0. The lowest BCUT2D eigenvalue weighted by Gasteiger charge is -2.31. The first-order chi connectivity index (χ1) is 8.91. The first-order valence-corrected chi connectivity index (χ1v) is 6.82. The largest absolute Gasteiger partial charge is 0.389 e. The number of nitrogens with zero attached hydrogens (tertiary/aromatic N) is 1. The number of hydrogen-bond acceptors (Lipinski definition) is 3. The molecule has 2 N–H and O–H groups in total. The first-order valence-electron chi connectivity index (χ1n) is 6.82. The average molecular weight is 267 g/mol. The Bertz CT molecular complexity index is 442. The molecule has 1 fully saturated rings. The Balaban J connectivity index is 2.20. The highest BCUT2D eigenvalue weighted by molar-refractivity contribution is 5.54. The van der Waals surface area contributed by atoms with Gasteiger partial charge in [-0.2, -0.15) is 0 Å². The van der Waals surface area contributed by atoms with Gasteiger partial charge in [0.2, 0.25) is 0 Å². The van der Waals surface area contributed by atoms with Crippen LogP contribution in [0.5, 0.6) is 0 Å². The van der Waals surface area contributed by atoms with Crippen molar-refractivity contribution in [1.29, 1.82) is 0 Å².